The summed E-state index contributed by atoms with van der Waals surface area (Å²) in [6, 6.07) is 37.4. The maximum Gasteiger partial charge on any atom is 0.185 e. The van der Waals surface area contributed by atoms with Crippen LogP contribution in [0.25, 0.3) is 0 Å². The number of ether oxygens (including phenoxy) is 1. The van der Waals surface area contributed by atoms with Crippen LogP contribution in [0, 0.1) is 46.5 Å². The van der Waals surface area contributed by atoms with Gasteiger partial charge in [0.1, 0.15) is 145 Å². The maximum absolute atomic E-state index is 12.3. The van der Waals surface area contributed by atoms with E-state index in [1.807, 2.05) is 39.7 Å². The molecular weight excluding hydrogens is 1810 g/mol. The van der Waals surface area contributed by atoms with Crippen molar-refractivity contribution < 1.29 is 136 Å². The highest BCUT2D eigenvalue weighted by molar-refractivity contribution is 5.71. The molecule has 2 bridgehead atoms. The Labute approximate surface area is 827 Å². The number of rotatable bonds is 26. The zero-order chi connectivity index (χ0) is 104. The monoisotopic (exact) mass is 1950 g/mol. The van der Waals surface area contributed by atoms with Crippen molar-refractivity contribution in [2.75, 3.05) is 0 Å². The molecule has 0 spiro atoms. The molecule has 2 aliphatic rings. The first-order chi connectivity index (χ1) is 67.2. The minimum Gasteiger partial charge on any atom is -0.508 e. The van der Waals surface area contributed by atoms with Crippen LogP contribution in [-0.2, 0) is 73.7 Å². The highest BCUT2D eigenvalue weighted by Gasteiger charge is 2.60. The third-order valence-corrected chi connectivity index (χ3v) is 26.1. The Hall–Kier alpha value is -15.6. The van der Waals surface area contributed by atoms with Crippen molar-refractivity contribution in [3.63, 3.8) is 0 Å². The second kappa shape index (κ2) is 49.8. The van der Waals surface area contributed by atoms with Crippen molar-refractivity contribution in [1.82, 2.24) is 0 Å². The third-order valence-electron chi connectivity index (χ3n) is 26.1. The second-order valence-electron chi connectivity index (χ2n) is 34.8. The van der Waals surface area contributed by atoms with E-state index in [1.54, 1.807) is 133 Å². The van der Waals surface area contributed by atoms with Gasteiger partial charge in [-0.2, -0.15) is 0 Å². The van der Waals surface area contributed by atoms with E-state index in [1.165, 1.54) is 86.0 Å². The molecule has 0 amide bonds. The molecule has 0 saturated carbocycles. The van der Waals surface area contributed by atoms with Gasteiger partial charge in [0.25, 0.3) is 0 Å². The number of furan rings is 2. The Morgan fingerprint density at radius 1 is 0.331 bits per heavy atom. The highest BCUT2D eigenvalue weighted by atomic mass is 16.5. The van der Waals surface area contributed by atoms with Crippen molar-refractivity contribution in [3.8, 4) is 126 Å². The molecule has 2 aromatic heterocycles. The topological polar surface area (TPSA) is 515 Å². The van der Waals surface area contributed by atoms with Gasteiger partial charge in [0.15, 0.2) is 12.0 Å². The number of hydrogen-bond donors (Lipinski definition) is 22. The first-order valence-electron chi connectivity index (χ1n) is 46.8. The quantitative estimate of drug-likeness (QED) is 0.0177. The van der Waals surface area contributed by atoms with E-state index in [-0.39, 0.29) is 241 Å². The number of aldehydes is 1. The second-order valence-corrected chi connectivity index (χ2v) is 34.8. The van der Waals surface area contributed by atoms with E-state index in [2.05, 4.69) is 44.3 Å². The number of carbonyl (C=O) groups is 2. The molecule has 22 N–H and O–H groups in total. The first-order valence-corrected chi connectivity index (χ1v) is 46.8. The van der Waals surface area contributed by atoms with Crippen molar-refractivity contribution in [3.05, 3.63) is 327 Å². The number of allylic oxidation sites excluding steroid dienone is 2. The standard InChI is InChI=1S/C43H50O9.C37H38O9.C16H18O4.C6H6O2.C6H12.C5H4O2.CH2O.CH4/c1-7-25-32(10-4)43(16-15-35(25)52-43)36(29-17-22(6)38(47)31(42(29)51)18-23-12-14-33(44)26(8-2)39(23)48)30-20-24(40(49)27(9-3)41(30)50)19-28-34(45)13-11-21(5)37(28)46;1-5-22-28(38)12-10-20(34(22)42)15-27-33(41)19(4)14-25(37(27)45)31(30-8-7-13-46-30)26-17-21(35(43)23(6-2)36(26)44)16-24-29(39)11-9-18(3)32(24)40;1-3-11-13(17)7-5-10(16(11)20)8-12-14(18)6-4-9(2)15(12)19;7-5-2-1-3-6(8)4-5;1-3-5-6-4-2;6-4-5-2-1-3-7-5;1-2;/h11-17,20,25,32,35-36,44-51H,7-10,18-19H2,1-6H3;7-14,17,31,38-45H,5-6,15-16H2,1-4H3;4-7,17-20H,3,8H2,1-2H3;1-4,7-8H;5-6H,3-4H2,1-2H3;1-4H;1H2;1H4/b;;;;6-5+;;;. The van der Waals surface area contributed by atoms with Crippen LogP contribution in [0.3, 0.4) is 0 Å². The molecule has 6 unspecified atom stereocenters. The molecule has 15 rings (SSSR count). The zero-order valence-corrected chi connectivity index (χ0v) is 81.8. The van der Waals surface area contributed by atoms with Gasteiger partial charge in [-0.1, -0.05) is 143 Å². The fourth-order valence-electron chi connectivity index (χ4n) is 18.6. The molecule has 27 heteroatoms. The molecule has 2 aliphatic heterocycles. The molecule has 27 nitrogen and oxygen atoms in total. The van der Waals surface area contributed by atoms with E-state index in [0.29, 0.717) is 126 Å². The van der Waals surface area contributed by atoms with Crippen LogP contribution < -0.4 is 0 Å². The largest absolute Gasteiger partial charge is 0.508 e. The smallest absolute Gasteiger partial charge is 0.185 e. The number of phenolic OH excluding ortho intramolecular Hbond substituents is 22. The lowest BCUT2D eigenvalue weighted by atomic mass is 9.63. The fourth-order valence-corrected chi connectivity index (χ4v) is 18.6. The molecule has 142 heavy (non-hydrogen) atoms. The van der Waals surface area contributed by atoms with Crippen molar-refractivity contribution in [2.24, 2.45) is 11.8 Å². The van der Waals surface area contributed by atoms with Crippen molar-refractivity contribution in [1.29, 1.82) is 0 Å². The molecule has 1 fully saturated rings. The average Bonchev–Trinajstić information content (AvgIpc) is 1.48. The lowest BCUT2D eigenvalue weighted by Gasteiger charge is -2.41. The number of benzene rings is 11. The van der Waals surface area contributed by atoms with E-state index in [9.17, 15) is 107 Å². The molecule has 0 radical (unpaired) electrons. The van der Waals surface area contributed by atoms with Gasteiger partial charge in [-0.25, -0.2) is 0 Å². The maximum atomic E-state index is 12.3. The number of aromatic hydroxyl groups is 22. The van der Waals surface area contributed by atoms with Crippen molar-refractivity contribution in [2.45, 2.75) is 218 Å². The summed E-state index contributed by atoms with van der Waals surface area (Å²) in [5.41, 5.74) is 7.67. The fraction of sp³-hybridized carbons (Fsp3) is 0.304. The molecule has 11 aromatic carbocycles. The molecule has 13 aromatic rings. The van der Waals surface area contributed by atoms with Gasteiger partial charge in [0, 0.05) is 122 Å². The molecule has 0 aliphatic carbocycles. The molecule has 4 heterocycles. The van der Waals surface area contributed by atoms with E-state index in [4.69, 9.17) is 24.2 Å². The lowest BCUT2D eigenvalue weighted by Crippen LogP contribution is -2.42. The Bertz CT molecular complexity index is 6580. The minimum atomic E-state index is -1.04. The Balaban J connectivity index is 0.000000245. The van der Waals surface area contributed by atoms with E-state index >= 15 is 0 Å². The summed E-state index contributed by atoms with van der Waals surface area (Å²) in [5, 5.41) is 236. The van der Waals surface area contributed by atoms with Crippen LogP contribution in [-0.4, -0.2) is 137 Å². The van der Waals surface area contributed by atoms with Crippen LogP contribution in [0.1, 0.15) is 257 Å². The lowest BCUT2D eigenvalue weighted by molar-refractivity contribution is -0.0980. The van der Waals surface area contributed by atoms with Gasteiger partial charge in [0.2, 0.25) is 0 Å². The van der Waals surface area contributed by atoms with Gasteiger partial charge in [-0.3, -0.25) is 4.79 Å². The summed E-state index contributed by atoms with van der Waals surface area (Å²) in [4.78, 5) is 17.8. The number of fused-ring (bicyclic) bond motifs is 2. The van der Waals surface area contributed by atoms with Crippen LogP contribution in [0.15, 0.2) is 191 Å². The summed E-state index contributed by atoms with van der Waals surface area (Å²) >= 11 is 0. The molecule has 6 atom stereocenters. The third kappa shape index (κ3) is 24.1. The summed E-state index contributed by atoms with van der Waals surface area (Å²) in [6.07, 6.45) is 17.4. The SMILES string of the molecule is C.C=O.CC/C=C/CC.CCc1c(O)ccc(Cc2c(O)c(C)cc(C(c3cc(Cc4c(O)ccc(C)c4O)c(O)c(CC)c3O)C34C=CC(O3)C(CC)C4CC)c2O)c1O.CCc1c(O)ccc(Cc2c(O)c(C)cc(C(c3ccco3)c3cc(Cc4c(O)ccc(C)c4O)c(O)c(CC)c3O)c2O)c1O.CCc1c(O)ccc(Cc2c(O)ccc(C)c2O)c1O.O=Cc1ccco1.Oc1cccc(O)c1. The number of carbonyl (C=O) groups excluding carboxylic acids is 2. The van der Waals surface area contributed by atoms with Crippen LogP contribution in [0.2, 0.25) is 0 Å². The van der Waals surface area contributed by atoms with Gasteiger partial charge >= 0.3 is 0 Å². The van der Waals surface area contributed by atoms with Gasteiger partial charge in [-0.05, 0) is 251 Å². The first kappa shape index (κ1) is 112. The number of aryl methyl sites for hydroxylation is 5. The van der Waals surface area contributed by atoms with Gasteiger partial charge in [0.05, 0.1) is 24.5 Å². The summed E-state index contributed by atoms with van der Waals surface area (Å²) in [7, 11) is 0. The average molecular weight is 1950 g/mol. The van der Waals surface area contributed by atoms with Gasteiger partial charge < -0.3 is 131 Å². The summed E-state index contributed by atoms with van der Waals surface area (Å²) in [5.74, 6) is -3.15. The van der Waals surface area contributed by atoms with Crippen LogP contribution >= 0.6 is 0 Å². The van der Waals surface area contributed by atoms with Crippen LogP contribution in [0.5, 0.6) is 126 Å². The van der Waals surface area contributed by atoms with Crippen LogP contribution in [0.4, 0.5) is 0 Å². The van der Waals surface area contributed by atoms with Gasteiger partial charge in [-0.15, -0.1) is 0 Å². The predicted molar refractivity (Wildman–Crippen MR) is 546 cm³/mol. The Morgan fingerprint density at radius 3 is 1.01 bits per heavy atom. The zero-order valence-electron chi connectivity index (χ0n) is 81.8. The number of phenols is 22. The minimum absolute atomic E-state index is 0. The Morgan fingerprint density at radius 2 is 0.662 bits per heavy atom. The van der Waals surface area contributed by atoms with E-state index in [0.717, 1.165) is 12.8 Å². The van der Waals surface area contributed by atoms with E-state index < -0.39 is 17.4 Å². The Kier molecular flexibility index (Phi) is 39.1. The molecule has 756 valence electrons. The normalized spacial score (nSPS) is 14.6. The summed E-state index contributed by atoms with van der Waals surface area (Å²) in [6.45, 7) is 28.1. The number of hydrogen-bond acceptors (Lipinski definition) is 27. The highest BCUT2D eigenvalue weighted by Crippen LogP contribution is 2.62. The molecular formula is C115H134O27. The predicted octanol–water partition coefficient (Wildman–Crippen LogP) is 23.1. The van der Waals surface area contributed by atoms with Crippen molar-refractivity contribution >= 4 is 13.1 Å². The summed E-state index contributed by atoms with van der Waals surface area (Å²) < 4.78 is 17.4. The molecule has 1 saturated heterocycles.